The van der Waals surface area contributed by atoms with Crippen LogP contribution in [0.15, 0.2) is 36.9 Å². The zero-order chi connectivity index (χ0) is 18.9. The minimum absolute atomic E-state index is 0.265. The second kappa shape index (κ2) is 4.63. The Kier molecular flexibility index (Phi) is 2.05. The van der Waals surface area contributed by atoms with Gasteiger partial charge in [0.15, 0.2) is 0 Å². The van der Waals surface area contributed by atoms with E-state index in [-0.39, 0.29) is 6.17 Å². The van der Waals surface area contributed by atoms with Crippen LogP contribution in [0.4, 0.5) is 5.69 Å². The predicted octanol–water partition coefficient (Wildman–Crippen LogP) is 3.43. The lowest BCUT2D eigenvalue weighted by atomic mass is 10.1. The quantitative estimate of drug-likeness (QED) is 0.724. The second-order valence-electron chi connectivity index (χ2n) is 5.99. The maximum Gasteiger partial charge on any atom is 0.117 e. The van der Waals surface area contributed by atoms with Crippen LogP contribution in [-0.4, -0.2) is 26.6 Å². The van der Waals surface area contributed by atoms with Crippen LogP contribution in [0.2, 0.25) is 0 Å². The molecule has 3 heterocycles. The van der Waals surface area contributed by atoms with E-state index in [1.807, 2.05) is 24.2 Å². The predicted molar refractivity (Wildman–Crippen MR) is 89.2 cm³/mol. The van der Waals surface area contributed by atoms with Gasteiger partial charge in [0.1, 0.15) is 12.0 Å². The highest BCUT2D eigenvalue weighted by atomic mass is 15.4. The van der Waals surface area contributed by atoms with E-state index in [1.165, 1.54) is 12.5 Å². The molecule has 0 saturated carbocycles. The van der Waals surface area contributed by atoms with Crippen molar-refractivity contribution in [2.45, 2.75) is 46.2 Å². The van der Waals surface area contributed by atoms with Crippen LogP contribution in [0, 0.1) is 6.92 Å². The summed E-state index contributed by atoms with van der Waals surface area (Å²) in [5, 5.41) is 0. The molecule has 0 radical (unpaired) electrons. The van der Waals surface area contributed by atoms with E-state index in [1.54, 1.807) is 17.3 Å². The third-order valence-electron chi connectivity index (χ3n) is 4.58. The molecule has 4 heteroatoms. The highest BCUT2D eigenvalue weighted by Crippen LogP contribution is 2.35. The molecule has 4 rings (SSSR count). The molecule has 1 aromatic heterocycles. The molecule has 0 saturated heterocycles. The maximum atomic E-state index is 8.38. The first-order valence-electron chi connectivity index (χ1n) is 9.52. The topological polar surface area (TPSA) is 24.3 Å². The van der Waals surface area contributed by atoms with Gasteiger partial charge in [0.05, 0.1) is 7.06 Å². The van der Waals surface area contributed by atoms with E-state index >= 15 is 0 Å². The molecule has 22 heavy (non-hydrogen) atoms. The highest BCUT2D eigenvalue weighted by molar-refractivity contribution is 5.66. The van der Waals surface area contributed by atoms with Crippen molar-refractivity contribution in [2.24, 2.45) is 0 Å². The molecule has 0 spiro atoms. The Morgan fingerprint density at radius 2 is 2.23 bits per heavy atom. The van der Waals surface area contributed by atoms with E-state index in [2.05, 4.69) is 28.6 Å². The third kappa shape index (κ3) is 1.79. The molecule has 2 atom stereocenters. The van der Waals surface area contributed by atoms with Crippen molar-refractivity contribution in [3.63, 3.8) is 0 Å². The number of anilines is 1. The van der Waals surface area contributed by atoms with E-state index in [9.17, 15) is 0 Å². The average Bonchev–Trinajstić information content (AvgIpc) is 3.20. The van der Waals surface area contributed by atoms with Crippen LogP contribution in [0.1, 0.15) is 43.1 Å². The summed E-state index contributed by atoms with van der Waals surface area (Å²) in [6.07, 6.45) is 7.90. The fraction of sp³-hybridized carbons (Fsp3) is 0.389. The number of fused-ring (bicyclic) bond motifs is 3. The van der Waals surface area contributed by atoms with E-state index in [4.69, 9.17) is 5.48 Å². The van der Waals surface area contributed by atoms with Crippen molar-refractivity contribution >= 4 is 5.69 Å². The van der Waals surface area contributed by atoms with Crippen molar-refractivity contribution in [2.75, 3.05) is 4.90 Å². The van der Waals surface area contributed by atoms with Crippen LogP contribution in [-0.2, 0) is 6.42 Å². The van der Waals surface area contributed by atoms with Gasteiger partial charge in [-0.15, -0.1) is 0 Å². The number of hydrogen-bond donors (Lipinski definition) is 0. The molecule has 4 nitrogen and oxygen atoms in total. The van der Waals surface area contributed by atoms with Crippen LogP contribution >= 0.6 is 0 Å². The van der Waals surface area contributed by atoms with Gasteiger partial charge in [-0.25, -0.2) is 4.98 Å². The summed E-state index contributed by atoms with van der Waals surface area (Å²) in [5.41, 5.74) is 4.49. The van der Waals surface area contributed by atoms with Crippen LogP contribution in [0.25, 0.3) is 5.69 Å². The summed E-state index contributed by atoms with van der Waals surface area (Å²) in [4.78, 5) is 8.02. The van der Waals surface area contributed by atoms with Gasteiger partial charge in [-0.05, 0) is 44.8 Å². The van der Waals surface area contributed by atoms with E-state index < -0.39 is 12.9 Å². The molecular formula is C18H22N4. The lowest BCUT2D eigenvalue weighted by molar-refractivity contribution is 0.263. The van der Waals surface area contributed by atoms with Gasteiger partial charge in [0, 0.05) is 47.0 Å². The lowest BCUT2D eigenvalue weighted by Gasteiger charge is -2.33. The molecule has 2 aromatic rings. The Balaban J connectivity index is 1.71. The van der Waals surface area contributed by atoms with Crippen molar-refractivity contribution in [1.29, 1.82) is 0 Å². The van der Waals surface area contributed by atoms with Crippen molar-refractivity contribution in [3.8, 4) is 5.69 Å². The zero-order valence-electron chi connectivity index (χ0n) is 17.0. The van der Waals surface area contributed by atoms with E-state index in [0.717, 1.165) is 29.2 Å². The summed E-state index contributed by atoms with van der Waals surface area (Å²) in [5.74, 6) is 1.03. The summed E-state index contributed by atoms with van der Waals surface area (Å²) >= 11 is 0. The first-order valence-corrected chi connectivity index (χ1v) is 7.52. The number of hydrogen-bond acceptors (Lipinski definition) is 3. The molecule has 2 aliphatic heterocycles. The number of benzene rings is 1. The largest absolute Gasteiger partial charge is 0.353 e. The van der Waals surface area contributed by atoms with Gasteiger partial charge in [-0.3, -0.25) is 0 Å². The number of aryl methyl sites for hydroxylation is 1. The first kappa shape index (κ1) is 9.72. The van der Waals surface area contributed by atoms with Crippen LogP contribution < -0.4 is 4.90 Å². The first-order chi connectivity index (χ1) is 12.1. The summed E-state index contributed by atoms with van der Waals surface area (Å²) in [6, 6.07) is 2.61. The Morgan fingerprint density at radius 3 is 3.05 bits per heavy atom. The third-order valence-corrected chi connectivity index (χ3v) is 4.58. The molecule has 0 N–H and O–H groups in total. The number of aromatic nitrogens is 2. The Labute approximate surface area is 137 Å². The molecular weight excluding hydrogens is 272 g/mol. The molecule has 2 aliphatic rings. The van der Waals surface area contributed by atoms with Gasteiger partial charge in [-0.2, -0.15) is 0 Å². The molecule has 0 bridgehead atoms. The lowest BCUT2D eigenvalue weighted by Crippen LogP contribution is -2.39. The molecule has 0 amide bonds. The number of nitrogens with zero attached hydrogens (tertiary/aromatic N) is 4. The van der Waals surface area contributed by atoms with Gasteiger partial charge in [-0.1, -0.05) is 6.07 Å². The zero-order valence-corrected chi connectivity index (χ0v) is 13.0. The van der Waals surface area contributed by atoms with Gasteiger partial charge in [0.25, 0.3) is 0 Å². The molecule has 1 aromatic carbocycles. The number of rotatable bonds is 2. The highest BCUT2D eigenvalue weighted by Gasteiger charge is 2.28. The molecule has 0 fully saturated rings. The molecule has 1 unspecified atom stereocenters. The molecule has 114 valence electrons. The number of imidazole rings is 1. The fourth-order valence-corrected chi connectivity index (χ4v) is 3.44. The fourth-order valence-electron chi connectivity index (χ4n) is 3.44. The van der Waals surface area contributed by atoms with E-state index in [0.29, 0.717) is 0 Å². The summed E-state index contributed by atoms with van der Waals surface area (Å²) < 4.78 is 33.6. The van der Waals surface area contributed by atoms with Gasteiger partial charge in [0.2, 0.25) is 0 Å². The van der Waals surface area contributed by atoms with Crippen molar-refractivity contribution in [3.05, 3.63) is 53.9 Å². The Hall–Kier alpha value is -2.23. The van der Waals surface area contributed by atoms with Crippen molar-refractivity contribution in [1.82, 2.24) is 14.5 Å². The second-order valence-corrected chi connectivity index (χ2v) is 5.99. The van der Waals surface area contributed by atoms with Crippen LogP contribution in [0.3, 0.4) is 0 Å². The average molecular weight is 298 g/mol. The van der Waals surface area contributed by atoms with Crippen LogP contribution in [0.5, 0.6) is 0 Å². The van der Waals surface area contributed by atoms with Gasteiger partial charge < -0.3 is 14.4 Å². The minimum Gasteiger partial charge on any atom is -0.353 e. The monoisotopic (exact) mass is 298 g/mol. The maximum absolute atomic E-state index is 8.38. The standard InChI is InChI=1S/C18H22N4/c1-12(2)20-7-8-21(14(20)4)16-11-17-15(9-13(16)3)10-18-19-5-6-22(17)18/h5-9,11-12,14H,10H2,1-4H3/t14-/m0/s1/i1D3,12D/t12?,14-. The summed E-state index contributed by atoms with van der Waals surface area (Å²) in [7, 11) is 0. The normalized spacial score (nSPS) is 25.1. The SMILES string of the molecule is [2H]C([2H])([2H])C([2H])(C)N1C=CN(c2cc3c(cc2C)Cc2nccn2-3)[C@H]1C. The molecule has 0 aliphatic carbocycles. The Morgan fingerprint density at radius 1 is 1.36 bits per heavy atom. The summed E-state index contributed by atoms with van der Waals surface area (Å²) in [6.45, 7) is 3.02. The van der Waals surface area contributed by atoms with Crippen molar-refractivity contribution < 1.29 is 5.48 Å². The Bertz CT molecular complexity index is 897. The smallest absolute Gasteiger partial charge is 0.117 e. The minimum atomic E-state index is -2.40. The van der Waals surface area contributed by atoms with Gasteiger partial charge >= 0.3 is 0 Å².